The van der Waals surface area contributed by atoms with Gasteiger partial charge in [-0.25, -0.2) is 4.79 Å². The van der Waals surface area contributed by atoms with Crippen LogP contribution in [-0.4, -0.2) is 59.6 Å². The Morgan fingerprint density at radius 2 is 1.69 bits per heavy atom. The Bertz CT molecular complexity index is 901. The molecule has 2 aliphatic carbocycles. The number of rotatable bonds is 6. The minimum absolute atomic E-state index is 0.0324. The Morgan fingerprint density at radius 1 is 1.03 bits per heavy atom. The van der Waals surface area contributed by atoms with Crippen LogP contribution in [0.15, 0.2) is 24.3 Å². The van der Waals surface area contributed by atoms with E-state index in [1.54, 1.807) is 0 Å². The highest BCUT2D eigenvalue weighted by molar-refractivity contribution is 6.30. The van der Waals surface area contributed by atoms with Crippen LogP contribution in [0.4, 0.5) is 4.79 Å². The predicted molar refractivity (Wildman–Crippen MR) is 137 cm³/mol. The van der Waals surface area contributed by atoms with Crippen molar-refractivity contribution in [2.75, 3.05) is 26.2 Å². The molecule has 2 N–H and O–H groups in total. The molecule has 7 heteroatoms. The molecule has 192 valence electrons. The SMILES string of the molecule is N[C@H](Cc1ccc(Cl)cc1)C(=O)N1CCC(CN2C(=O)OCC23CCCC3)(C2CCCCC2)CC1. The number of nitrogens with zero attached hydrogens (tertiary/aromatic N) is 2. The van der Waals surface area contributed by atoms with Gasteiger partial charge in [-0.1, -0.05) is 55.8 Å². The molecule has 2 saturated carbocycles. The van der Waals surface area contributed by atoms with Crippen LogP contribution in [0, 0.1) is 11.3 Å². The van der Waals surface area contributed by atoms with E-state index in [0.717, 1.165) is 50.9 Å². The lowest BCUT2D eigenvalue weighted by Gasteiger charge is -2.51. The van der Waals surface area contributed by atoms with E-state index in [0.29, 0.717) is 24.0 Å². The Morgan fingerprint density at radius 3 is 2.34 bits per heavy atom. The minimum Gasteiger partial charge on any atom is -0.447 e. The highest BCUT2D eigenvalue weighted by Gasteiger charge is 2.53. The van der Waals surface area contributed by atoms with Crippen molar-refractivity contribution in [2.24, 2.45) is 17.1 Å². The fraction of sp³-hybridized carbons (Fsp3) is 0.714. The van der Waals surface area contributed by atoms with Gasteiger partial charge in [0.2, 0.25) is 5.91 Å². The molecular formula is C28H40ClN3O3. The van der Waals surface area contributed by atoms with Gasteiger partial charge in [0.05, 0.1) is 11.6 Å². The number of cyclic esters (lactones) is 1. The first-order valence-electron chi connectivity index (χ1n) is 13.6. The molecule has 1 aromatic carbocycles. The van der Waals surface area contributed by atoms with Gasteiger partial charge in [0, 0.05) is 24.7 Å². The van der Waals surface area contributed by atoms with Crippen LogP contribution in [-0.2, 0) is 16.0 Å². The fourth-order valence-corrected chi connectivity index (χ4v) is 7.45. The van der Waals surface area contributed by atoms with Crippen LogP contribution in [0.2, 0.25) is 5.02 Å². The van der Waals surface area contributed by atoms with E-state index < -0.39 is 6.04 Å². The van der Waals surface area contributed by atoms with E-state index >= 15 is 0 Å². The van der Waals surface area contributed by atoms with Crippen LogP contribution in [0.5, 0.6) is 0 Å². The van der Waals surface area contributed by atoms with Gasteiger partial charge in [-0.3, -0.25) is 9.69 Å². The molecule has 0 bridgehead atoms. The van der Waals surface area contributed by atoms with Crippen molar-refractivity contribution < 1.29 is 14.3 Å². The lowest BCUT2D eigenvalue weighted by molar-refractivity contribution is -0.136. The van der Waals surface area contributed by atoms with Crippen molar-refractivity contribution in [1.82, 2.24) is 9.80 Å². The fourth-order valence-electron chi connectivity index (χ4n) is 7.32. The summed E-state index contributed by atoms with van der Waals surface area (Å²) >= 11 is 5.99. The Labute approximate surface area is 214 Å². The molecule has 0 aromatic heterocycles. The maximum Gasteiger partial charge on any atom is 0.410 e. The van der Waals surface area contributed by atoms with Crippen LogP contribution in [0.1, 0.15) is 76.2 Å². The van der Waals surface area contributed by atoms with Crippen molar-refractivity contribution in [3.63, 3.8) is 0 Å². The molecule has 5 rings (SSSR count). The largest absolute Gasteiger partial charge is 0.447 e. The normalized spacial score (nSPS) is 25.1. The summed E-state index contributed by atoms with van der Waals surface area (Å²) in [6.45, 7) is 2.78. The number of likely N-dealkylation sites (tertiary alicyclic amines) is 1. The summed E-state index contributed by atoms with van der Waals surface area (Å²) in [5.41, 5.74) is 7.37. The molecule has 2 saturated heterocycles. The number of hydrogen-bond acceptors (Lipinski definition) is 4. The third kappa shape index (κ3) is 5.06. The average molecular weight is 502 g/mol. The first-order valence-corrected chi connectivity index (χ1v) is 14.0. The number of carbonyl (C=O) groups is 2. The van der Waals surface area contributed by atoms with Crippen molar-refractivity contribution in [1.29, 1.82) is 0 Å². The maximum absolute atomic E-state index is 13.2. The Balaban J connectivity index is 1.28. The molecule has 2 aliphatic heterocycles. The zero-order valence-electron chi connectivity index (χ0n) is 20.9. The van der Waals surface area contributed by atoms with E-state index in [9.17, 15) is 9.59 Å². The summed E-state index contributed by atoms with van der Waals surface area (Å²) in [5, 5.41) is 0.685. The smallest absolute Gasteiger partial charge is 0.410 e. The minimum atomic E-state index is -0.548. The second kappa shape index (κ2) is 10.3. The van der Waals surface area contributed by atoms with Gasteiger partial charge in [0.25, 0.3) is 0 Å². The van der Waals surface area contributed by atoms with Crippen molar-refractivity contribution >= 4 is 23.6 Å². The summed E-state index contributed by atoms with van der Waals surface area (Å²) in [7, 11) is 0. The first kappa shape index (κ1) is 24.9. The van der Waals surface area contributed by atoms with E-state index in [1.165, 1.54) is 44.9 Å². The molecular weight excluding hydrogens is 462 g/mol. The van der Waals surface area contributed by atoms with Crippen LogP contribution in [0.25, 0.3) is 0 Å². The number of piperidine rings is 1. The van der Waals surface area contributed by atoms with E-state index in [4.69, 9.17) is 22.1 Å². The molecule has 0 unspecified atom stereocenters. The molecule has 0 radical (unpaired) electrons. The second-order valence-electron chi connectivity index (χ2n) is 11.5. The van der Waals surface area contributed by atoms with Crippen molar-refractivity contribution in [2.45, 2.75) is 88.6 Å². The highest BCUT2D eigenvalue weighted by atomic mass is 35.5. The summed E-state index contributed by atoms with van der Waals surface area (Å²) < 4.78 is 5.63. The standard InChI is InChI=1S/C28H40ClN3O3/c29-23-10-8-21(9-11-23)18-24(30)25(33)31-16-14-27(15-17-31,22-6-2-1-3-7-22)19-32-26(34)35-20-28(32)12-4-5-13-28/h8-11,22,24H,1-7,12-20,30H2/t24-/m1/s1. The zero-order valence-corrected chi connectivity index (χ0v) is 21.6. The molecule has 4 fully saturated rings. The molecule has 1 spiro atoms. The van der Waals surface area contributed by atoms with Crippen molar-refractivity contribution in [3.05, 3.63) is 34.9 Å². The summed E-state index contributed by atoms with van der Waals surface area (Å²) in [6, 6.07) is 7.01. The highest BCUT2D eigenvalue weighted by Crippen LogP contribution is 2.49. The number of amides is 2. The third-order valence-electron chi connectivity index (χ3n) is 9.49. The molecule has 1 aromatic rings. The Hall–Kier alpha value is -1.79. The van der Waals surface area contributed by atoms with Gasteiger partial charge in [0.15, 0.2) is 0 Å². The summed E-state index contributed by atoms with van der Waals surface area (Å²) in [4.78, 5) is 30.2. The quantitative estimate of drug-likeness (QED) is 0.583. The lowest BCUT2D eigenvalue weighted by atomic mass is 9.63. The van der Waals surface area contributed by atoms with E-state index in [-0.39, 0.29) is 23.0 Å². The number of ether oxygens (including phenoxy) is 1. The zero-order chi connectivity index (χ0) is 24.5. The number of nitrogens with two attached hydrogens (primary N) is 1. The average Bonchev–Trinajstić information content (AvgIpc) is 3.48. The number of hydrogen-bond donors (Lipinski definition) is 1. The van der Waals surface area contributed by atoms with E-state index in [1.807, 2.05) is 29.2 Å². The molecule has 2 heterocycles. The predicted octanol–water partition coefficient (Wildman–Crippen LogP) is 5.16. The second-order valence-corrected chi connectivity index (χ2v) is 12.0. The van der Waals surface area contributed by atoms with Gasteiger partial charge in [-0.15, -0.1) is 0 Å². The van der Waals surface area contributed by atoms with Crippen LogP contribution in [0.3, 0.4) is 0 Å². The van der Waals surface area contributed by atoms with Gasteiger partial charge < -0.3 is 15.4 Å². The van der Waals surface area contributed by atoms with Gasteiger partial charge in [-0.05, 0) is 74.0 Å². The van der Waals surface area contributed by atoms with Crippen LogP contribution >= 0.6 is 11.6 Å². The summed E-state index contributed by atoms with van der Waals surface area (Å²) in [6.07, 6.45) is 13.1. The van der Waals surface area contributed by atoms with Crippen LogP contribution < -0.4 is 5.73 Å². The monoisotopic (exact) mass is 501 g/mol. The molecule has 2 amide bonds. The number of carbonyl (C=O) groups excluding carboxylic acids is 2. The van der Waals surface area contributed by atoms with E-state index in [2.05, 4.69) is 4.90 Å². The molecule has 6 nitrogen and oxygen atoms in total. The molecule has 35 heavy (non-hydrogen) atoms. The van der Waals surface area contributed by atoms with Gasteiger partial charge in [0.1, 0.15) is 6.61 Å². The summed E-state index contributed by atoms with van der Waals surface area (Å²) in [5.74, 6) is 0.646. The Kier molecular flexibility index (Phi) is 7.32. The third-order valence-corrected chi connectivity index (χ3v) is 9.74. The van der Waals surface area contributed by atoms with Gasteiger partial charge >= 0.3 is 6.09 Å². The number of halogens is 1. The van der Waals surface area contributed by atoms with Gasteiger partial charge in [-0.2, -0.15) is 0 Å². The maximum atomic E-state index is 13.2. The molecule has 4 aliphatic rings. The first-order chi connectivity index (χ1) is 16.9. The number of benzene rings is 1. The topological polar surface area (TPSA) is 75.9 Å². The lowest BCUT2D eigenvalue weighted by Crippen LogP contribution is -2.57. The molecule has 1 atom stereocenters. The van der Waals surface area contributed by atoms with Crippen molar-refractivity contribution in [3.8, 4) is 0 Å².